The fourth-order valence-electron chi connectivity index (χ4n) is 0.897. The van der Waals surface area contributed by atoms with E-state index in [2.05, 4.69) is 38.4 Å². The molecule has 62 valence electrons. The molecule has 0 saturated carbocycles. The number of nitrogens with zero attached hydrogens (tertiary/aromatic N) is 1. The minimum atomic E-state index is 0. The normalized spacial score (nSPS) is 9.45. The summed E-state index contributed by atoms with van der Waals surface area (Å²) in [5.41, 5.74) is 1.40. The molecule has 1 aromatic heterocycles. The van der Waals surface area contributed by atoms with Gasteiger partial charge in [0.15, 0.2) is 12.4 Å². The predicted octanol–water partition coefficient (Wildman–Crippen LogP) is -1.36. The third-order valence-electron chi connectivity index (χ3n) is 1.67. The lowest BCUT2D eigenvalue weighted by molar-refractivity contribution is -0.671. The van der Waals surface area contributed by atoms with Crippen LogP contribution in [0.4, 0.5) is 0 Å². The van der Waals surface area contributed by atoms with Gasteiger partial charge in [0.1, 0.15) is 7.05 Å². The molecule has 0 amide bonds. The van der Waals surface area contributed by atoms with Gasteiger partial charge in [-0.05, 0) is 11.5 Å². The number of hydrogen-bond donors (Lipinski definition) is 0. The van der Waals surface area contributed by atoms with Crippen molar-refractivity contribution in [3.63, 3.8) is 0 Å². The monoisotopic (exact) mass is 263 g/mol. The molecule has 1 nitrogen and oxygen atoms in total. The van der Waals surface area contributed by atoms with Gasteiger partial charge in [-0.15, -0.1) is 0 Å². The van der Waals surface area contributed by atoms with Crippen LogP contribution in [0, 0.1) is 0 Å². The van der Waals surface area contributed by atoms with E-state index in [1.165, 1.54) is 5.56 Å². The molecule has 0 aromatic carbocycles. The van der Waals surface area contributed by atoms with Crippen molar-refractivity contribution in [1.82, 2.24) is 0 Å². The molecule has 0 radical (unpaired) electrons. The molecule has 2 heteroatoms. The average Bonchev–Trinajstić information content (AvgIpc) is 1.88. The predicted molar refractivity (Wildman–Crippen MR) is 41.7 cm³/mol. The Kier molecular flexibility index (Phi) is 4.65. The van der Waals surface area contributed by atoms with E-state index in [-0.39, 0.29) is 24.0 Å². The first-order valence-electron chi connectivity index (χ1n) is 3.65. The van der Waals surface area contributed by atoms with Crippen LogP contribution in [0.25, 0.3) is 0 Å². The first-order valence-corrected chi connectivity index (χ1v) is 3.65. The number of aromatic nitrogens is 1. The van der Waals surface area contributed by atoms with Gasteiger partial charge in [0.05, 0.1) is 0 Å². The Balaban J connectivity index is 0.000001000. The van der Waals surface area contributed by atoms with Crippen molar-refractivity contribution < 1.29 is 28.5 Å². The van der Waals surface area contributed by atoms with Crippen LogP contribution >= 0.6 is 0 Å². The SMILES string of the molecule is CC(C)c1cc[n+](C)cc1.[I-]. The highest BCUT2D eigenvalue weighted by Gasteiger charge is 1.98. The van der Waals surface area contributed by atoms with E-state index in [9.17, 15) is 0 Å². The topological polar surface area (TPSA) is 3.88 Å². The highest BCUT2D eigenvalue weighted by Crippen LogP contribution is 2.10. The Labute approximate surface area is 85.5 Å². The van der Waals surface area contributed by atoms with Crippen LogP contribution in [-0.2, 0) is 7.05 Å². The van der Waals surface area contributed by atoms with Gasteiger partial charge in [-0.2, -0.15) is 0 Å². The first-order chi connectivity index (χ1) is 4.70. The number of halogens is 1. The smallest absolute Gasteiger partial charge is 0.168 e. The lowest BCUT2D eigenvalue weighted by Gasteiger charge is -2.00. The van der Waals surface area contributed by atoms with Gasteiger partial charge < -0.3 is 24.0 Å². The first kappa shape index (κ1) is 10.9. The Morgan fingerprint density at radius 2 is 1.64 bits per heavy atom. The van der Waals surface area contributed by atoms with E-state index in [1.54, 1.807) is 0 Å². The second-order valence-electron chi connectivity index (χ2n) is 2.95. The van der Waals surface area contributed by atoms with Crippen molar-refractivity contribution in [2.45, 2.75) is 19.8 Å². The molecular formula is C9H14IN. The van der Waals surface area contributed by atoms with Crippen molar-refractivity contribution in [1.29, 1.82) is 0 Å². The Morgan fingerprint density at radius 1 is 1.18 bits per heavy atom. The van der Waals surface area contributed by atoms with Gasteiger partial charge in [-0.25, -0.2) is 4.57 Å². The Morgan fingerprint density at radius 3 is 2.00 bits per heavy atom. The van der Waals surface area contributed by atoms with E-state index in [0.29, 0.717) is 5.92 Å². The average molecular weight is 263 g/mol. The van der Waals surface area contributed by atoms with Crippen LogP contribution in [0.3, 0.4) is 0 Å². The third-order valence-corrected chi connectivity index (χ3v) is 1.67. The van der Waals surface area contributed by atoms with E-state index >= 15 is 0 Å². The summed E-state index contributed by atoms with van der Waals surface area (Å²) in [5.74, 6) is 0.640. The standard InChI is InChI=1S/C9H14N.HI/c1-8(2)9-4-6-10(3)7-5-9;/h4-8H,1-3H3;1H/q+1;/p-1. The van der Waals surface area contributed by atoms with E-state index < -0.39 is 0 Å². The number of pyridine rings is 1. The molecule has 1 aromatic rings. The summed E-state index contributed by atoms with van der Waals surface area (Å²) in [6.07, 6.45) is 4.16. The highest BCUT2D eigenvalue weighted by molar-refractivity contribution is 5.11. The van der Waals surface area contributed by atoms with Crippen LogP contribution in [0.5, 0.6) is 0 Å². The molecule has 0 aliphatic rings. The van der Waals surface area contributed by atoms with Gasteiger partial charge in [-0.3, -0.25) is 0 Å². The Hall–Kier alpha value is -0.120. The number of hydrogen-bond acceptors (Lipinski definition) is 0. The van der Waals surface area contributed by atoms with E-state index in [0.717, 1.165) is 0 Å². The zero-order valence-corrected chi connectivity index (χ0v) is 9.37. The second kappa shape index (κ2) is 4.70. The quantitative estimate of drug-likeness (QED) is 0.435. The van der Waals surface area contributed by atoms with Crippen molar-refractivity contribution in [2.75, 3.05) is 0 Å². The molecular weight excluding hydrogens is 249 g/mol. The fourth-order valence-corrected chi connectivity index (χ4v) is 0.897. The molecule has 0 bridgehead atoms. The molecule has 0 unspecified atom stereocenters. The van der Waals surface area contributed by atoms with Crippen molar-refractivity contribution in [3.05, 3.63) is 30.1 Å². The summed E-state index contributed by atoms with van der Waals surface area (Å²) >= 11 is 0. The third kappa shape index (κ3) is 3.18. The number of rotatable bonds is 1. The lowest BCUT2D eigenvalue weighted by atomic mass is 10.1. The van der Waals surface area contributed by atoms with Crippen LogP contribution < -0.4 is 28.5 Å². The molecule has 0 atom stereocenters. The summed E-state index contributed by atoms with van der Waals surface area (Å²) < 4.78 is 2.05. The van der Waals surface area contributed by atoms with Gasteiger partial charge in [0.2, 0.25) is 0 Å². The summed E-state index contributed by atoms with van der Waals surface area (Å²) in [6, 6.07) is 4.31. The lowest BCUT2D eigenvalue weighted by Crippen LogP contribution is -3.00. The minimum Gasteiger partial charge on any atom is -1.00 e. The summed E-state index contributed by atoms with van der Waals surface area (Å²) in [6.45, 7) is 4.41. The summed E-state index contributed by atoms with van der Waals surface area (Å²) in [4.78, 5) is 0. The number of aryl methyl sites for hydroxylation is 1. The van der Waals surface area contributed by atoms with E-state index in [4.69, 9.17) is 0 Å². The zero-order valence-electron chi connectivity index (χ0n) is 7.21. The van der Waals surface area contributed by atoms with Crippen LogP contribution in [-0.4, -0.2) is 0 Å². The van der Waals surface area contributed by atoms with Crippen LogP contribution in [0.15, 0.2) is 24.5 Å². The Bertz CT molecular complexity index is 203. The molecule has 0 fully saturated rings. The zero-order chi connectivity index (χ0) is 7.56. The van der Waals surface area contributed by atoms with Crippen LogP contribution in [0.1, 0.15) is 25.3 Å². The molecule has 1 heterocycles. The minimum absolute atomic E-state index is 0. The molecule has 0 aliphatic carbocycles. The molecule has 0 saturated heterocycles. The maximum atomic E-state index is 2.20. The van der Waals surface area contributed by atoms with Crippen molar-refractivity contribution in [2.24, 2.45) is 7.05 Å². The van der Waals surface area contributed by atoms with Gasteiger partial charge in [0, 0.05) is 12.1 Å². The van der Waals surface area contributed by atoms with E-state index in [1.807, 2.05) is 11.6 Å². The molecule has 0 N–H and O–H groups in total. The summed E-state index contributed by atoms with van der Waals surface area (Å²) in [5, 5.41) is 0. The molecule has 11 heavy (non-hydrogen) atoms. The molecule has 0 spiro atoms. The molecule has 0 aliphatic heterocycles. The van der Waals surface area contributed by atoms with Gasteiger partial charge in [-0.1, -0.05) is 13.8 Å². The van der Waals surface area contributed by atoms with Crippen molar-refractivity contribution >= 4 is 0 Å². The second-order valence-corrected chi connectivity index (χ2v) is 2.95. The van der Waals surface area contributed by atoms with Crippen molar-refractivity contribution in [3.8, 4) is 0 Å². The molecule has 1 rings (SSSR count). The highest BCUT2D eigenvalue weighted by atomic mass is 127. The van der Waals surface area contributed by atoms with Crippen LogP contribution in [0.2, 0.25) is 0 Å². The van der Waals surface area contributed by atoms with Gasteiger partial charge >= 0.3 is 0 Å². The maximum Gasteiger partial charge on any atom is 0.168 e. The fraction of sp³-hybridized carbons (Fsp3) is 0.444. The largest absolute Gasteiger partial charge is 1.00 e. The summed E-state index contributed by atoms with van der Waals surface area (Å²) in [7, 11) is 2.03. The maximum absolute atomic E-state index is 2.20. The van der Waals surface area contributed by atoms with Gasteiger partial charge in [0.25, 0.3) is 0 Å².